The number of anilines is 1. The topological polar surface area (TPSA) is 81.5 Å². The Morgan fingerprint density at radius 3 is 2.62 bits per heavy atom. The summed E-state index contributed by atoms with van der Waals surface area (Å²) < 4.78 is 78.0. The molecule has 1 fully saturated rings. The quantitative estimate of drug-likeness (QED) is 0.290. The van der Waals surface area contributed by atoms with Crippen molar-refractivity contribution in [3.05, 3.63) is 76.4 Å². The Morgan fingerprint density at radius 2 is 1.98 bits per heavy atom. The second kappa shape index (κ2) is 10.9. The van der Waals surface area contributed by atoms with Crippen molar-refractivity contribution < 1.29 is 36.2 Å². The molecule has 214 valence electrons. The number of alkyl halides is 5. The van der Waals surface area contributed by atoms with Crippen LogP contribution in [0.1, 0.15) is 51.3 Å². The number of nitrogens with zero attached hydrogens (tertiary/aromatic N) is 4. The van der Waals surface area contributed by atoms with Gasteiger partial charge in [-0.05, 0) is 53.8 Å². The van der Waals surface area contributed by atoms with E-state index in [0.29, 0.717) is 18.5 Å². The van der Waals surface area contributed by atoms with Crippen LogP contribution in [0.25, 0.3) is 0 Å². The number of fused-ring (bicyclic) bond motifs is 1. The van der Waals surface area contributed by atoms with Gasteiger partial charge in [0.2, 0.25) is 0 Å². The Morgan fingerprint density at radius 1 is 1.20 bits per heavy atom. The predicted molar refractivity (Wildman–Crippen MR) is 134 cm³/mol. The number of nitrogens with one attached hydrogen (secondary N) is 1. The smallest absolute Gasteiger partial charge is 0.381 e. The van der Waals surface area contributed by atoms with E-state index in [2.05, 4.69) is 20.3 Å². The minimum atomic E-state index is -4.69. The molecule has 0 saturated heterocycles. The number of rotatable bonds is 10. The minimum Gasteiger partial charge on any atom is -0.381 e. The van der Waals surface area contributed by atoms with Crippen LogP contribution in [-0.4, -0.2) is 53.6 Å². The number of hydrogen-bond acceptors (Lipinski definition) is 6. The van der Waals surface area contributed by atoms with Gasteiger partial charge < -0.3 is 24.3 Å². The Bertz CT molecular complexity index is 1390. The molecule has 13 heteroatoms. The highest BCUT2D eigenvalue weighted by Gasteiger charge is 2.50. The molecule has 2 aromatic carbocycles. The first-order valence-corrected chi connectivity index (χ1v) is 12.7. The van der Waals surface area contributed by atoms with Crippen LogP contribution in [0.2, 0.25) is 0 Å². The third-order valence-corrected chi connectivity index (χ3v) is 7.59. The Hall–Kier alpha value is -3.42. The number of benzene rings is 2. The molecule has 40 heavy (non-hydrogen) atoms. The number of aromatic nitrogens is 3. The molecule has 0 bridgehead atoms. The highest BCUT2D eigenvalue weighted by Crippen LogP contribution is 2.50. The van der Waals surface area contributed by atoms with Crippen molar-refractivity contribution >= 4 is 11.6 Å². The Balaban J connectivity index is 1.44. The van der Waals surface area contributed by atoms with Crippen molar-refractivity contribution in [2.45, 2.75) is 50.2 Å². The zero-order chi connectivity index (χ0) is 28.7. The van der Waals surface area contributed by atoms with Gasteiger partial charge in [0.1, 0.15) is 12.2 Å². The van der Waals surface area contributed by atoms with E-state index in [-0.39, 0.29) is 49.0 Å². The van der Waals surface area contributed by atoms with Crippen molar-refractivity contribution in [2.75, 3.05) is 25.2 Å². The molecular weight excluding hydrogens is 537 g/mol. The molecule has 2 aliphatic rings. The Labute approximate surface area is 227 Å². The third-order valence-electron chi connectivity index (χ3n) is 7.59. The maximum Gasteiger partial charge on any atom is 0.416 e. The van der Waals surface area contributed by atoms with E-state index >= 15 is 0 Å². The number of carbonyl (C=O) groups excluding carboxylic acids is 1. The maximum atomic E-state index is 14.1. The number of ether oxygens (including phenoxy) is 2. The Kier molecular flexibility index (Phi) is 7.64. The zero-order valence-corrected chi connectivity index (χ0v) is 21.8. The van der Waals surface area contributed by atoms with E-state index in [4.69, 9.17) is 4.74 Å². The van der Waals surface area contributed by atoms with Gasteiger partial charge in [0.25, 0.3) is 5.91 Å². The van der Waals surface area contributed by atoms with E-state index < -0.39 is 29.7 Å². The zero-order valence-electron chi connectivity index (χ0n) is 21.8. The van der Waals surface area contributed by atoms with E-state index in [1.165, 1.54) is 11.0 Å². The second-order valence-electron chi connectivity index (χ2n) is 10.0. The van der Waals surface area contributed by atoms with E-state index in [1.807, 2.05) is 23.7 Å². The lowest BCUT2D eigenvalue weighted by Crippen LogP contribution is -2.48. The van der Waals surface area contributed by atoms with Crippen LogP contribution < -0.4 is 10.2 Å². The summed E-state index contributed by atoms with van der Waals surface area (Å²) in [4.78, 5) is 14.8. The first kappa shape index (κ1) is 28.1. The lowest BCUT2D eigenvalue weighted by Gasteiger charge is -2.46. The molecule has 0 radical (unpaired) electrons. The largest absolute Gasteiger partial charge is 0.416 e. The molecule has 1 saturated carbocycles. The van der Waals surface area contributed by atoms with Gasteiger partial charge in [-0.3, -0.25) is 4.79 Å². The summed E-state index contributed by atoms with van der Waals surface area (Å²) in [6.45, 7) is -3.51. The van der Waals surface area contributed by atoms with E-state index in [0.717, 1.165) is 17.5 Å². The standard InChI is InChI=1S/C27H28F5N5O3/c1-36-15-34-35-24(36)26(11-19(12-26)39-2)17-4-3-5-18(10-17)37-14-21-20(23(37)38)8-16(9-22(21)27(30,31)32)13-33-6-7-40-25(28)29/h3-5,8-10,15,19,25,33H,6-7,11-14H2,1-2H3/t19-,26-. The molecule has 5 rings (SSSR count). The number of halogens is 5. The number of aryl methyl sites for hydroxylation is 1. The monoisotopic (exact) mass is 565 g/mol. The molecule has 3 aromatic rings. The molecular formula is C27H28F5N5O3. The summed E-state index contributed by atoms with van der Waals surface area (Å²) >= 11 is 0. The van der Waals surface area contributed by atoms with Gasteiger partial charge in [-0.2, -0.15) is 22.0 Å². The molecule has 1 aromatic heterocycles. The predicted octanol–water partition coefficient (Wildman–Crippen LogP) is 4.42. The summed E-state index contributed by atoms with van der Waals surface area (Å²) in [6.07, 6.45) is -1.78. The van der Waals surface area contributed by atoms with Crippen molar-refractivity contribution in [2.24, 2.45) is 7.05 Å². The average molecular weight is 566 g/mol. The van der Waals surface area contributed by atoms with Crippen LogP contribution in [0.4, 0.5) is 27.6 Å². The lowest BCUT2D eigenvalue weighted by molar-refractivity contribution is -0.138. The van der Waals surface area contributed by atoms with Crippen LogP contribution in [0, 0.1) is 0 Å². The minimum absolute atomic E-state index is 0.00678. The van der Waals surface area contributed by atoms with E-state index in [1.54, 1.807) is 25.6 Å². The molecule has 8 nitrogen and oxygen atoms in total. The summed E-state index contributed by atoms with van der Waals surface area (Å²) in [5.41, 5.74) is 0.0131. The first-order valence-electron chi connectivity index (χ1n) is 12.7. The van der Waals surface area contributed by atoms with Gasteiger partial charge in [-0.25, -0.2) is 0 Å². The second-order valence-corrected chi connectivity index (χ2v) is 10.0. The van der Waals surface area contributed by atoms with Crippen molar-refractivity contribution in [1.82, 2.24) is 20.1 Å². The molecule has 0 spiro atoms. The molecule has 1 aliphatic heterocycles. The van der Waals surface area contributed by atoms with Crippen LogP contribution in [-0.2, 0) is 41.2 Å². The number of hydrogen-bond donors (Lipinski definition) is 1. The highest BCUT2D eigenvalue weighted by atomic mass is 19.4. The fourth-order valence-corrected chi connectivity index (χ4v) is 5.60. The summed E-state index contributed by atoms with van der Waals surface area (Å²) in [6, 6.07) is 9.64. The van der Waals surface area contributed by atoms with Gasteiger partial charge in [0.15, 0.2) is 0 Å². The SMILES string of the molecule is CO[C@H]1C[C@](c2cccc(N3Cc4c(cc(CNCCOC(F)F)cc4C(F)(F)F)C3=O)c2)(c2nncn2C)C1. The molecule has 1 N–H and O–H groups in total. The number of carbonyl (C=O) groups is 1. The summed E-state index contributed by atoms with van der Waals surface area (Å²) in [5.74, 6) is 0.195. The van der Waals surface area contributed by atoms with Crippen molar-refractivity contribution in [3.8, 4) is 0 Å². The molecule has 1 amide bonds. The number of methoxy groups -OCH3 is 1. The van der Waals surface area contributed by atoms with Crippen LogP contribution in [0.5, 0.6) is 0 Å². The van der Waals surface area contributed by atoms with Gasteiger partial charge in [-0.1, -0.05) is 12.1 Å². The highest BCUT2D eigenvalue weighted by molar-refractivity contribution is 6.10. The number of amides is 1. The van der Waals surface area contributed by atoms with Gasteiger partial charge >= 0.3 is 12.8 Å². The molecule has 0 unspecified atom stereocenters. The van der Waals surface area contributed by atoms with Gasteiger partial charge in [-0.15, -0.1) is 10.2 Å². The van der Waals surface area contributed by atoms with Crippen molar-refractivity contribution in [3.63, 3.8) is 0 Å². The summed E-state index contributed by atoms with van der Waals surface area (Å²) in [5, 5.41) is 11.1. The normalized spacial score (nSPS) is 20.8. The first-order chi connectivity index (χ1) is 19.0. The summed E-state index contributed by atoms with van der Waals surface area (Å²) in [7, 11) is 3.49. The van der Waals surface area contributed by atoms with Gasteiger partial charge in [0.05, 0.1) is 30.2 Å². The average Bonchev–Trinajstić information content (AvgIpc) is 3.46. The van der Waals surface area contributed by atoms with Crippen LogP contribution >= 0.6 is 0 Å². The maximum absolute atomic E-state index is 14.1. The fraction of sp³-hybridized carbons (Fsp3) is 0.444. The van der Waals surface area contributed by atoms with Gasteiger partial charge in [0, 0.05) is 38.5 Å². The third kappa shape index (κ3) is 5.20. The van der Waals surface area contributed by atoms with Crippen LogP contribution in [0.3, 0.4) is 0 Å². The molecule has 0 atom stereocenters. The van der Waals surface area contributed by atoms with E-state index in [9.17, 15) is 26.7 Å². The van der Waals surface area contributed by atoms with Crippen LogP contribution in [0.15, 0.2) is 42.7 Å². The fourth-order valence-electron chi connectivity index (χ4n) is 5.60. The van der Waals surface area contributed by atoms with Crippen molar-refractivity contribution in [1.29, 1.82) is 0 Å². The molecule has 2 heterocycles. The molecule has 1 aliphatic carbocycles. The lowest BCUT2D eigenvalue weighted by atomic mass is 9.62.